The van der Waals surface area contributed by atoms with Gasteiger partial charge in [0.25, 0.3) is 0 Å². The molecule has 0 fully saturated rings. The monoisotopic (exact) mass is 393 g/mol. The number of nitrogens with one attached hydrogen (secondary N) is 1. The maximum absolute atomic E-state index is 11.4. The first-order valence-electron chi connectivity index (χ1n) is 8.52. The van der Waals surface area contributed by atoms with E-state index in [4.69, 9.17) is 0 Å². The number of benzene rings is 2. The zero-order valence-corrected chi connectivity index (χ0v) is 16.5. The SMILES string of the molecule is CC(=O)/C(N=Nc1ccc(-c2nnc(Nc3ccc(C)cc3)s2)cc1)=C(/C)O. The van der Waals surface area contributed by atoms with Gasteiger partial charge in [0.2, 0.25) is 5.13 Å². The number of aliphatic hydroxyl groups excluding tert-OH is 1. The van der Waals surface area contributed by atoms with Crippen LogP contribution in [0.25, 0.3) is 10.6 Å². The molecule has 2 aromatic carbocycles. The van der Waals surface area contributed by atoms with Crippen molar-refractivity contribution in [1.82, 2.24) is 10.2 Å². The number of carbonyl (C=O) groups excluding carboxylic acids is 1. The van der Waals surface area contributed by atoms with Gasteiger partial charge in [0, 0.05) is 18.2 Å². The van der Waals surface area contributed by atoms with Crippen molar-refractivity contribution < 1.29 is 9.90 Å². The fourth-order valence-electron chi connectivity index (χ4n) is 2.33. The number of hydrogen-bond donors (Lipinski definition) is 2. The molecule has 0 bridgehead atoms. The van der Waals surface area contributed by atoms with E-state index in [0.29, 0.717) is 10.8 Å². The van der Waals surface area contributed by atoms with E-state index < -0.39 is 0 Å². The minimum atomic E-state index is -0.345. The summed E-state index contributed by atoms with van der Waals surface area (Å²) in [5.74, 6) is -0.502. The molecule has 7 nitrogen and oxygen atoms in total. The lowest BCUT2D eigenvalue weighted by Gasteiger charge is -2.01. The number of ketones is 1. The number of rotatable bonds is 6. The summed E-state index contributed by atoms with van der Waals surface area (Å²) in [6.07, 6.45) is 0. The molecule has 0 aliphatic carbocycles. The predicted octanol–water partition coefficient (Wildman–Crippen LogP) is 5.72. The fraction of sp³-hybridized carbons (Fsp3) is 0.150. The molecule has 0 aliphatic heterocycles. The lowest BCUT2D eigenvalue weighted by molar-refractivity contribution is -0.113. The van der Waals surface area contributed by atoms with Crippen LogP contribution >= 0.6 is 11.3 Å². The molecule has 0 radical (unpaired) electrons. The average molecular weight is 393 g/mol. The van der Waals surface area contributed by atoms with E-state index >= 15 is 0 Å². The molecule has 0 saturated heterocycles. The topological polar surface area (TPSA) is 99.8 Å². The number of nitrogens with zero attached hydrogens (tertiary/aromatic N) is 4. The van der Waals surface area contributed by atoms with Crippen LogP contribution in [-0.2, 0) is 4.79 Å². The molecule has 8 heteroatoms. The van der Waals surface area contributed by atoms with E-state index in [-0.39, 0.29) is 17.2 Å². The summed E-state index contributed by atoms with van der Waals surface area (Å²) in [6.45, 7) is 4.77. The van der Waals surface area contributed by atoms with Crippen molar-refractivity contribution in [1.29, 1.82) is 0 Å². The normalized spacial score (nSPS) is 12.1. The second kappa shape index (κ2) is 8.53. The third-order valence-corrected chi connectivity index (χ3v) is 4.67. The molecule has 1 aromatic heterocycles. The van der Waals surface area contributed by atoms with Crippen LogP contribution in [0.4, 0.5) is 16.5 Å². The van der Waals surface area contributed by atoms with Crippen LogP contribution in [0.15, 0.2) is 70.2 Å². The number of hydrogen-bond acceptors (Lipinski definition) is 8. The summed E-state index contributed by atoms with van der Waals surface area (Å²) in [4.78, 5) is 11.4. The van der Waals surface area contributed by atoms with Crippen molar-refractivity contribution in [3.8, 4) is 10.6 Å². The van der Waals surface area contributed by atoms with Gasteiger partial charge in [-0.3, -0.25) is 4.79 Å². The van der Waals surface area contributed by atoms with Crippen LogP contribution in [0.5, 0.6) is 0 Å². The fourth-order valence-corrected chi connectivity index (χ4v) is 3.10. The van der Waals surface area contributed by atoms with Crippen LogP contribution < -0.4 is 5.32 Å². The lowest BCUT2D eigenvalue weighted by Crippen LogP contribution is -1.96. The Bertz CT molecular complexity index is 1030. The van der Waals surface area contributed by atoms with E-state index in [1.807, 2.05) is 43.3 Å². The largest absolute Gasteiger partial charge is 0.510 e. The van der Waals surface area contributed by atoms with E-state index in [9.17, 15) is 9.90 Å². The first-order chi connectivity index (χ1) is 13.4. The number of aromatic nitrogens is 2. The van der Waals surface area contributed by atoms with E-state index in [0.717, 1.165) is 16.3 Å². The minimum Gasteiger partial charge on any atom is -0.510 e. The van der Waals surface area contributed by atoms with Crippen molar-refractivity contribution in [2.24, 2.45) is 10.2 Å². The molecular weight excluding hydrogens is 374 g/mol. The number of aliphatic hydroxyl groups is 1. The Morgan fingerprint density at radius 1 is 1.04 bits per heavy atom. The Labute approximate surface area is 166 Å². The van der Waals surface area contributed by atoms with Crippen LogP contribution in [0.2, 0.25) is 0 Å². The number of carbonyl (C=O) groups is 1. The van der Waals surface area contributed by atoms with E-state index in [1.165, 1.54) is 30.7 Å². The molecule has 28 heavy (non-hydrogen) atoms. The van der Waals surface area contributed by atoms with Crippen molar-refractivity contribution in [3.05, 3.63) is 65.6 Å². The Balaban J connectivity index is 1.72. The molecule has 0 atom stereocenters. The standard InChI is InChI=1S/C20H19N5O2S/c1-12-4-8-16(9-5-12)21-20-25-24-19(28-20)15-6-10-17(11-7-15)22-23-18(13(2)26)14(3)27/h4-11,26H,1-3H3,(H,21,25)/b18-13+,23-22?. The highest BCUT2D eigenvalue weighted by Crippen LogP contribution is 2.29. The molecule has 0 amide bonds. The van der Waals surface area contributed by atoms with Gasteiger partial charge in [0.1, 0.15) is 10.8 Å². The molecule has 0 spiro atoms. The quantitative estimate of drug-likeness (QED) is 0.317. The smallest absolute Gasteiger partial charge is 0.210 e. The number of allylic oxidation sites excluding steroid dienone is 2. The van der Waals surface area contributed by atoms with Crippen LogP contribution in [0.1, 0.15) is 19.4 Å². The predicted molar refractivity (Wildman–Crippen MR) is 110 cm³/mol. The van der Waals surface area contributed by atoms with Gasteiger partial charge in [0.15, 0.2) is 11.5 Å². The third kappa shape index (κ3) is 4.86. The number of aryl methyl sites for hydroxylation is 1. The maximum atomic E-state index is 11.4. The van der Waals surface area contributed by atoms with Crippen molar-refractivity contribution in [3.63, 3.8) is 0 Å². The highest BCUT2D eigenvalue weighted by molar-refractivity contribution is 7.18. The van der Waals surface area contributed by atoms with Gasteiger partial charge in [-0.25, -0.2) is 0 Å². The van der Waals surface area contributed by atoms with E-state index in [1.54, 1.807) is 12.1 Å². The molecule has 142 valence electrons. The lowest BCUT2D eigenvalue weighted by atomic mass is 10.2. The van der Waals surface area contributed by atoms with Gasteiger partial charge in [-0.1, -0.05) is 29.0 Å². The number of anilines is 2. The summed E-state index contributed by atoms with van der Waals surface area (Å²) in [7, 11) is 0. The second-order valence-electron chi connectivity index (χ2n) is 6.14. The Morgan fingerprint density at radius 2 is 1.71 bits per heavy atom. The van der Waals surface area contributed by atoms with Crippen LogP contribution in [0, 0.1) is 6.92 Å². The van der Waals surface area contributed by atoms with Crippen LogP contribution in [0.3, 0.4) is 0 Å². The highest BCUT2D eigenvalue weighted by Gasteiger charge is 2.08. The van der Waals surface area contributed by atoms with Gasteiger partial charge in [-0.15, -0.1) is 15.3 Å². The van der Waals surface area contributed by atoms with Gasteiger partial charge >= 0.3 is 0 Å². The minimum absolute atomic E-state index is 0.0555. The van der Waals surface area contributed by atoms with Crippen molar-refractivity contribution in [2.75, 3.05) is 5.32 Å². The molecule has 0 unspecified atom stereocenters. The molecule has 2 N–H and O–H groups in total. The summed E-state index contributed by atoms with van der Waals surface area (Å²) < 4.78 is 0. The Kier molecular flexibility index (Phi) is 5.90. The summed E-state index contributed by atoms with van der Waals surface area (Å²) >= 11 is 1.44. The molecular formula is C20H19N5O2S. The number of azo groups is 1. The first kappa shape index (κ1) is 19.4. The number of Topliss-reactive ketones (excluding diaryl/α,β-unsaturated/α-hetero) is 1. The van der Waals surface area contributed by atoms with Crippen molar-refractivity contribution in [2.45, 2.75) is 20.8 Å². The average Bonchev–Trinajstić information content (AvgIpc) is 3.12. The Morgan fingerprint density at radius 3 is 2.32 bits per heavy atom. The molecule has 0 saturated carbocycles. The van der Waals surface area contributed by atoms with Gasteiger partial charge in [0.05, 0.1) is 5.69 Å². The van der Waals surface area contributed by atoms with Crippen LogP contribution in [-0.4, -0.2) is 21.1 Å². The molecule has 1 heterocycles. The second-order valence-corrected chi connectivity index (χ2v) is 7.12. The summed E-state index contributed by atoms with van der Waals surface area (Å²) in [5, 5.41) is 30.4. The molecule has 0 aliphatic rings. The zero-order valence-electron chi connectivity index (χ0n) is 15.7. The summed E-state index contributed by atoms with van der Waals surface area (Å²) in [6, 6.07) is 15.3. The van der Waals surface area contributed by atoms with Gasteiger partial charge in [-0.05, 0) is 50.2 Å². The molecule has 3 aromatic rings. The van der Waals surface area contributed by atoms with E-state index in [2.05, 4.69) is 25.7 Å². The first-order valence-corrected chi connectivity index (χ1v) is 9.34. The van der Waals surface area contributed by atoms with Gasteiger partial charge in [-0.2, -0.15) is 5.11 Å². The van der Waals surface area contributed by atoms with Gasteiger partial charge < -0.3 is 10.4 Å². The summed E-state index contributed by atoms with van der Waals surface area (Å²) in [5.41, 5.74) is 3.55. The highest BCUT2D eigenvalue weighted by atomic mass is 32.1. The zero-order chi connectivity index (χ0) is 20.1. The third-order valence-electron chi connectivity index (χ3n) is 3.78. The Hall–Kier alpha value is -3.39. The maximum Gasteiger partial charge on any atom is 0.210 e. The van der Waals surface area contributed by atoms with Crippen molar-refractivity contribution >= 4 is 33.6 Å². The molecule has 3 rings (SSSR count).